The summed E-state index contributed by atoms with van der Waals surface area (Å²) >= 11 is 5.85. The summed E-state index contributed by atoms with van der Waals surface area (Å²) in [5.41, 5.74) is 2.34. The first-order valence-corrected chi connectivity index (χ1v) is 5.81. The van der Waals surface area contributed by atoms with Crippen molar-refractivity contribution in [2.75, 3.05) is 0 Å². The maximum Gasteiger partial charge on any atom is 0.0525 e. The largest absolute Gasteiger partial charge is 0.260 e. The van der Waals surface area contributed by atoms with Crippen LogP contribution in [0.25, 0.3) is 6.08 Å². The van der Waals surface area contributed by atoms with Gasteiger partial charge in [-0.15, -0.1) is 0 Å². The SMILES string of the molecule is Brc1ccnc2c1C=C(I)C=CC2. The molecule has 0 N–H and O–H groups in total. The van der Waals surface area contributed by atoms with Gasteiger partial charge in [-0.3, -0.25) is 4.98 Å². The van der Waals surface area contributed by atoms with Gasteiger partial charge < -0.3 is 0 Å². The summed E-state index contributed by atoms with van der Waals surface area (Å²) in [5, 5.41) is 0. The summed E-state index contributed by atoms with van der Waals surface area (Å²) in [6.45, 7) is 0. The van der Waals surface area contributed by atoms with Gasteiger partial charge in [0.15, 0.2) is 0 Å². The van der Waals surface area contributed by atoms with E-state index in [-0.39, 0.29) is 0 Å². The van der Waals surface area contributed by atoms with Crippen molar-refractivity contribution in [2.24, 2.45) is 0 Å². The van der Waals surface area contributed by atoms with Gasteiger partial charge in [0.1, 0.15) is 0 Å². The number of halogens is 2. The van der Waals surface area contributed by atoms with Crippen LogP contribution in [0.15, 0.2) is 32.5 Å². The number of aromatic nitrogens is 1. The van der Waals surface area contributed by atoms with Gasteiger partial charge in [-0.25, -0.2) is 0 Å². The van der Waals surface area contributed by atoms with Crippen molar-refractivity contribution in [3.05, 3.63) is 43.7 Å². The molecule has 0 bridgehead atoms. The Kier molecular flexibility index (Phi) is 2.83. The van der Waals surface area contributed by atoms with Crippen LogP contribution in [0, 0.1) is 0 Å². The molecule has 0 atom stereocenters. The number of pyridine rings is 1. The highest BCUT2D eigenvalue weighted by Crippen LogP contribution is 2.26. The first-order valence-electron chi connectivity index (χ1n) is 3.94. The van der Waals surface area contributed by atoms with Gasteiger partial charge in [-0.05, 0) is 34.7 Å². The van der Waals surface area contributed by atoms with Crippen LogP contribution >= 0.6 is 38.5 Å². The highest BCUT2D eigenvalue weighted by molar-refractivity contribution is 14.1. The molecule has 0 amide bonds. The second kappa shape index (κ2) is 3.92. The minimum absolute atomic E-state index is 0.914. The van der Waals surface area contributed by atoms with Crippen LogP contribution in [0.2, 0.25) is 0 Å². The lowest BCUT2D eigenvalue weighted by Crippen LogP contribution is -1.91. The number of hydrogen-bond donors (Lipinski definition) is 0. The summed E-state index contributed by atoms with van der Waals surface area (Å²) in [6, 6.07) is 1.98. The summed E-state index contributed by atoms with van der Waals surface area (Å²) in [4.78, 5) is 4.35. The Balaban J connectivity index is 2.62. The third-order valence-corrected chi connectivity index (χ3v) is 3.25. The van der Waals surface area contributed by atoms with Crippen molar-refractivity contribution in [1.82, 2.24) is 4.98 Å². The topological polar surface area (TPSA) is 12.9 Å². The van der Waals surface area contributed by atoms with Crippen LogP contribution < -0.4 is 0 Å². The van der Waals surface area contributed by atoms with E-state index in [2.05, 4.69) is 61.7 Å². The monoisotopic (exact) mass is 347 g/mol. The van der Waals surface area contributed by atoms with E-state index in [4.69, 9.17) is 0 Å². The van der Waals surface area contributed by atoms with Gasteiger partial charge in [0.25, 0.3) is 0 Å². The van der Waals surface area contributed by atoms with E-state index in [0.717, 1.165) is 16.6 Å². The zero-order valence-corrected chi connectivity index (χ0v) is 10.5. The van der Waals surface area contributed by atoms with Crippen molar-refractivity contribution in [2.45, 2.75) is 6.42 Å². The molecule has 0 aromatic carbocycles. The van der Waals surface area contributed by atoms with Gasteiger partial charge in [0, 0.05) is 26.2 Å². The lowest BCUT2D eigenvalue weighted by atomic mass is 10.1. The zero-order chi connectivity index (χ0) is 9.26. The highest BCUT2D eigenvalue weighted by atomic mass is 127. The molecule has 0 aliphatic heterocycles. The molecule has 0 fully saturated rings. The summed E-state index contributed by atoms with van der Waals surface area (Å²) in [5.74, 6) is 0. The standard InChI is InChI=1S/C10H7BrIN/c11-9-4-5-13-10-3-1-2-7(12)6-8(9)10/h1-2,4-6H,3H2. The predicted molar refractivity (Wildman–Crippen MR) is 66.8 cm³/mol. The highest BCUT2D eigenvalue weighted by Gasteiger charge is 2.07. The van der Waals surface area contributed by atoms with E-state index in [1.807, 2.05) is 12.3 Å². The summed E-state index contributed by atoms with van der Waals surface area (Å²) in [7, 11) is 0. The maximum atomic E-state index is 4.35. The second-order valence-corrected chi connectivity index (χ2v) is 4.89. The van der Waals surface area contributed by atoms with Crippen molar-refractivity contribution in [1.29, 1.82) is 0 Å². The first kappa shape index (κ1) is 9.40. The Morgan fingerprint density at radius 2 is 2.31 bits per heavy atom. The van der Waals surface area contributed by atoms with E-state index in [0.29, 0.717) is 0 Å². The molecule has 1 aromatic heterocycles. The van der Waals surface area contributed by atoms with Gasteiger partial charge >= 0.3 is 0 Å². The van der Waals surface area contributed by atoms with Crippen molar-refractivity contribution in [3.8, 4) is 0 Å². The minimum atomic E-state index is 0.914. The average molecular weight is 348 g/mol. The van der Waals surface area contributed by atoms with E-state index < -0.39 is 0 Å². The third-order valence-electron chi connectivity index (χ3n) is 1.89. The smallest absolute Gasteiger partial charge is 0.0525 e. The Bertz CT molecular complexity index is 396. The summed E-state index contributed by atoms with van der Waals surface area (Å²) < 4.78 is 2.36. The quantitative estimate of drug-likeness (QED) is 0.651. The van der Waals surface area contributed by atoms with E-state index in [1.54, 1.807) is 0 Å². The van der Waals surface area contributed by atoms with Crippen LogP contribution in [-0.2, 0) is 6.42 Å². The molecule has 3 heteroatoms. The lowest BCUT2D eigenvalue weighted by molar-refractivity contribution is 1.10. The molecular formula is C10H7BrIN. The second-order valence-electron chi connectivity index (χ2n) is 2.79. The molecule has 0 unspecified atom stereocenters. The fourth-order valence-electron chi connectivity index (χ4n) is 1.27. The van der Waals surface area contributed by atoms with E-state index >= 15 is 0 Å². The third kappa shape index (κ3) is 2.02. The maximum absolute atomic E-state index is 4.35. The molecule has 0 saturated carbocycles. The van der Waals surface area contributed by atoms with Gasteiger partial charge in [0.05, 0.1) is 5.69 Å². The number of allylic oxidation sites excluding steroid dienone is 3. The molecule has 66 valence electrons. The van der Waals surface area contributed by atoms with Gasteiger partial charge in [-0.1, -0.05) is 28.1 Å². The van der Waals surface area contributed by atoms with Crippen LogP contribution in [0.4, 0.5) is 0 Å². The first-order chi connectivity index (χ1) is 6.27. The number of nitrogens with zero attached hydrogens (tertiary/aromatic N) is 1. The molecule has 1 aromatic rings. The molecule has 1 nitrogen and oxygen atoms in total. The Morgan fingerprint density at radius 3 is 3.15 bits per heavy atom. The number of rotatable bonds is 0. The molecule has 0 spiro atoms. The minimum Gasteiger partial charge on any atom is -0.260 e. The van der Waals surface area contributed by atoms with Crippen molar-refractivity contribution in [3.63, 3.8) is 0 Å². The van der Waals surface area contributed by atoms with E-state index in [1.165, 1.54) is 9.14 Å². The number of fused-ring (bicyclic) bond motifs is 1. The Labute approximate surface area is 99.2 Å². The fourth-order valence-corrected chi connectivity index (χ4v) is 2.30. The van der Waals surface area contributed by atoms with Crippen LogP contribution in [0.3, 0.4) is 0 Å². The average Bonchev–Trinajstić information content (AvgIpc) is 2.28. The van der Waals surface area contributed by atoms with Crippen LogP contribution in [0.5, 0.6) is 0 Å². The molecule has 1 aliphatic rings. The molecule has 13 heavy (non-hydrogen) atoms. The van der Waals surface area contributed by atoms with Gasteiger partial charge in [-0.2, -0.15) is 0 Å². The van der Waals surface area contributed by atoms with Crippen LogP contribution in [-0.4, -0.2) is 4.98 Å². The Morgan fingerprint density at radius 1 is 1.46 bits per heavy atom. The molecule has 1 heterocycles. The van der Waals surface area contributed by atoms with Crippen LogP contribution in [0.1, 0.15) is 11.3 Å². The van der Waals surface area contributed by atoms with Crippen molar-refractivity contribution >= 4 is 44.6 Å². The normalized spacial score (nSPS) is 14.8. The molecule has 1 aliphatic carbocycles. The van der Waals surface area contributed by atoms with E-state index in [9.17, 15) is 0 Å². The number of hydrogen-bond acceptors (Lipinski definition) is 1. The lowest BCUT2D eigenvalue weighted by Gasteiger charge is -2.02. The zero-order valence-electron chi connectivity index (χ0n) is 6.80. The van der Waals surface area contributed by atoms with Gasteiger partial charge in [0.2, 0.25) is 0 Å². The Hall–Kier alpha value is -0.160. The molecule has 0 radical (unpaired) electrons. The van der Waals surface area contributed by atoms with Crippen molar-refractivity contribution < 1.29 is 0 Å². The fraction of sp³-hybridized carbons (Fsp3) is 0.100. The molecular weight excluding hydrogens is 341 g/mol. The summed E-state index contributed by atoms with van der Waals surface area (Å²) in [6.07, 6.45) is 9.16. The predicted octanol–water partition coefficient (Wildman–Crippen LogP) is 3.73. The molecule has 0 saturated heterocycles. The molecule has 2 rings (SSSR count).